The van der Waals surface area contributed by atoms with Gasteiger partial charge < -0.3 is 16.0 Å². The Bertz CT molecular complexity index is 477. The van der Waals surface area contributed by atoms with Crippen LogP contribution in [0.5, 0.6) is 0 Å². The molecule has 1 amide bonds. The van der Waals surface area contributed by atoms with Crippen molar-refractivity contribution in [2.24, 2.45) is 5.73 Å². The Morgan fingerprint density at radius 2 is 2.30 bits per heavy atom. The number of primary amides is 1. The van der Waals surface area contributed by atoms with Crippen LogP contribution in [0.3, 0.4) is 0 Å². The van der Waals surface area contributed by atoms with E-state index in [2.05, 4.69) is 22.2 Å². The first-order valence-electron chi connectivity index (χ1n) is 7.27. The molecule has 1 fully saturated rings. The number of rotatable bonds is 5. The lowest BCUT2D eigenvalue weighted by atomic mass is 10.0. The van der Waals surface area contributed by atoms with Crippen molar-refractivity contribution in [2.45, 2.75) is 45.6 Å². The number of amides is 1. The average molecular weight is 277 g/mol. The summed E-state index contributed by atoms with van der Waals surface area (Å²) in [6.07, 6.45) is 3.93. The second-order valence-electron chi connectivity index (χ2n) is 5.19. The third-order valence-electron chi connectivity index (χ3n) is 3.51. The minimum atomic E-state index is -0.274. The Labute approximate surface area is 119 Å². The molecule has 3 N–H and O–H groups in total. The molecule has 110 valence electrons. The monoisotopic (exact) mass is 277 g/mol. The number of carbonyl (C=O) groups is 1. The van der Waals surface area contributed by atoms with Crippen LogP contribution in [-0.2, 0) is 4.79 Å². The van der Waals surface area contributed by atoms with Gasteiger partial charge >= 0.3 is 0 Å². The molecule has 0 spiro atoms. The van der Waals surface area contributed by atoms with E-state index >= 15 is 0 Å². The van der Waals surface area contributed by atoms with E-state index in [1.54, 1.807) is 0 Å². The molecule has 1 aliphatic heterocycles. The van der Waals surface area contributed by atoms with Crippen molar-refractivity contribution in [3.63, 3.8) is 0 Å². The molecule has 1 saturated heterocycles. The third kappa shape index (κ3) is 3.37. The number of hydrogen-bond donors (Lipinski definition) is 2. The van der Waals surface area contributed by atoms with Gasteiger partial charge in [-0.1, -0.05) is 6.92 Å². The topological polar surface area (TPSA) is 84.1 Å². The smallest absolute Gasteiger partial charge is 0.240 e. The van der Waals surface area contributed by atoms with Gasteiger partial charge in [-0.05, 0) is 32.6 Å². The van der Waals surface area contributed by atoms with Crippen LogP contribution in [-0.4, -0.2) is 35.0 Å². The first kappa shape index (κ1) is 14.6. The SMILES string of the molecule is CCCNc1cc(N2CCCCC2C(N)=O)nc(C)n1. The van der Waals surface area contributed by atoms with Crippen LogP contribution in [0, 0.1) is 6.92 Å². The van der Waals surface area contributed by atoms with E-state index < -0.39 is 0 Å². The summed E-state index contributed by atoms with van der Waals surface area (Å²) in [6.45, 7) is 5.66. The molecular formula is C14H23N5O. The molecule has 6 nitrogen and oxygen atoms in total. The summed E-state index contributed by atoms with van der Waals surface area (Å²) in [5.41, 5.74) is 5.51. The normalized spacial score (nSPS) is 18.9. The summed E-state index contributed by atoms with van der Waals surface area (Å²) in [4.78, 5) is 22.4. The highest BCUT2D eigenvalue weighted by Crippen LogP contribution is 2.24. The van der Waals surface area contributed by atoms with Crippen molar-refractivity contribution >= 4 is 17.5 Å². The Morgan fingerprint density at radius 1 is 1.50 bits per heavy atom. The zero-order valence-electron chi connectivity index (χ0n) is 12.2. The fourth-order valence-corrected chi connectivity index (χ4v) is 2.54. The third-order valence-corrected chi connectivity index (χ3v) is 3.51. The highest BCUT2D eigenvalue weighted by molar-refractivity contribution is 5.83. The van der Waals surface area contributed by atoms with Crippen LogP contribution in [0.2, 0.25) is 0 Å². The molecule has 0 bridgehead atoms. The quantitative estimate of drug-likeness (QED) is 0.851. The molecule has 0 aromatic carbocycles. The lowest BCUT2D eigenvalue weighted by Crippen LogP contribution is -2.48. The van der Waals surface area contributed by atoms with Gasteiger partial charge in [0.05, 0.1) is 0 Å². The van der Waals surface area contributed by atoms with Crippen molar-refractivity contribution in [1.82, 2.24) is 9.97 Å². The van der Waals surface area contributed by atoms with Gasteiger partial charge in [0.2, 0.25) is 5.91 Å². The molecule has 1 aliphatic rings. The first-order chi connectivity index (χ1) is 9.61. The average Bonchev–Trinajstić information content (AvgIpc) is 2.44. The van der Waals surface area contributed by atoms with Crippen LogP contribution in [0.15, 0.2) is 6.07 Å². The summed E-state index contributed by atoms with van der Waals surface area (Å²) < 4.78 is 0. The molecule has 1 aromatic rings. The Kier molecular flexibility index (Phi) is 4.76. The maximum absolute atomic E-state index is 11.6. The molecule has 1 unspecified atom stereocenters. The molecule has 1 atom stereocenters. The maximum Gasteiger partial charge on any atom is 0.240 e. The van der Waals surface area contributed by atoms with E-state index in [1.807, 2.05) is 17.9 Å². The summed E-state index contributed by atoms with van der Waals surface area (Å²) in [7, 11) is 0. The van der Waals surface area contributed by atoms with E-state index in [-0.39, 0.29) is 11.9 Å². The zero-order chi connectivity index (χ0) is 14.5. The van der Waals surface area contributed by atoms with Gasteiger partial charge in [-0.25, -0.2) is 9.97 Å². The van der Waals surface area contributed by atoms with Gasteiger partial charge in [0.25, 0.3) is 0 Å². The second-order valence-corrected chi connectivity index (χ2v) is 5.19. The zero-order valence-corrected chi connectivity index (χ0v) is 12.2. The number of nitrogens with zero attached hydrogens (tertiary/aromatic N) is 3. The summed E-state index contributed by atoms with van der Waals surface area (Å²) >= 11 is 0. The van der Waals surface area contributed by atoms with Gasteiger partial charge in [0.1, 0.15) is 23.5 Å². The standard InChI is InChI=1S/C14H23N5O/c1-3-7-16-12-9-13(18-10(2)17-12)19-8-5-4-6-11(19)14(15)20/h9,11H,3-8H2,1-2H3,(H2,15,20)(H,16,17,18). The van der Waals surface area contributed by atoms with E-state index in [0.29, 0.717) is 5.82 Å². The van der Waals surface area contributed by atoms with Gasteiger partial charge in [0, 0.05) is 19.2 Å². The van der Waals surface area contributed by atoms with Crippen LogP contribution >= 0.6 is 0 Å². The van der Waals surface area contributed by atoms with Crippen molar-refractivity contribution in [1.29, 1.82) is 0 Å². The number of aromatic nitrogens is 2. The summed E-state index contributed by atoms with van der Waals surface area (Å²) in [5.74, 6) is 2.03. The molecule has 0 aliphatic carbocycles. The molecule has 6 heteroatoms. The molecule has 0 radical (unpaired) electrons. The summed E-state index contributed by atoms with van der Waals surface area (Å²) in [6, 6.07) is 1.65. The lowest BCUT2D eigenvalue weighted by molar-refractivity contribution is -0.119. The minimum absolute atomic E-state index is 0.253. The summed E-state index contributed by atoms with van der Waals surface area (Å²) in [5, 5.41) is 3.26. The van der Waals surface area contributed by atoms with Gasteiger partial charge in [0.15, 0.2) is 0 Å². The van der Waals surface area contributed by atoms with Crippen molar-refractivity contribution in [2.75, 3.05) is 23.3 Å². The van der Waals surface area contributed by atoms with Crippen molar-refractivity contribution in [3.8, 4) is 0 Å². The number of aryl methyl sites for hydroxylation is 1. The van der Waals surface area contributed by atoms with E-state index in [4.69, 9.17) is 5.73 Å². The van der Waals surface area contributed by atoms with Crippen molar-refractivity contribution in [3.05, 3.63) is 11.9 Å². The van der Waals surface area contributed by atoms with E-state index in [1.165, 1.54) is 0 Å². The van der Waals surface area contributed by atoms with Gasteiger partial charge in [-0.2, -0.15) is 0 Å². The van der Waals surface area contributed by atoms with E-state index in [9.17, 15) is 4.79 Å². The number of anilines is 2. The van der Waals surface area contributed by atoms with Crippen LogP contribution in [0.25, 0.3) is 0 Å². The van der Waals surface area contributed by atoms with Crippen LogP contribution in [0.1, 0.15) is 38.4 Å². The fourth-order valence-electron chi connectivity index (χ4n) is 2.54. The number of nitrogens with one attached hydrogen (secondary N) is 1. The predicted octanol–water partition coefficient (Wildman–Crippen LogP) is 1.45. The second kappa shape index (κ2) is 6.54. The Balaban J connectivity index is 2.25. The molecule has 0 saturated carbocycles. The minimum Gasteiger partial charge on any atom is -0.370 e. The number of carbonyl (C=O) groups excluding carboxylic acids is 1. The highest BCUT2D eigenvalue weighted by atomic mass is 16.1. The Hall–Kier alpha value is -1.85. The lowest BCUT2D eigenvalue weighted by Gasteiger charge is -2.34. The number of piperidine rings is 1. The molecule has 2 rings (SSSR count). The fraction of sp³-hybridized carbons (Fsp3) is 0.643. The molecule has 2 heterocycles. The van der Waals surface area contributed by atoms with Crippen LogP contribution < -0.4 is 16.0 Å². The molecular weight excluding hydrogens is 254 g/mol. The number of hydrogen-bond acceptors (Lipinski definition) is 5. The van der Waals surface area contributed by atoms with Crippen molar-refractivity contribution < 1.29 is 4.79 Å². The first-order valence-corrected chi connectivity index (χ1v) is 7.27. The molecule has 1 aromatic heterocycles. The van der Waals surface area contributed by atoms with Crippen LogP contribution in [0.4, 0.5) is 11.6 Å². The largest absolute Gasteiger partial charge is 0.370 e. The van der Waals surface area contributed by atoms with Gasteiger partial charge in [-0.15, -0.1) is 0 Å². The molecule has 20 heavy (non-hydrogen) atoms. The van der Waals surface area contributed by atoms with Gasteiger partial charge in [-0.3, -0.25) is 4.79 Å². The maximum atomic E-state index is 11.6. The Morgan fingerprint density at radius 3 is 3.00 bits per heavy atom. The van der Waals surface area contributed by atoms with E-state index in [0.717, 1.165) is 50.4 Å². The number of nitrogens with two attached hydrogens (primary N) is 1. The predicted molar refractivity (Wildman–Crippen MR) is 79.7 cm³/mol. The highest BCUT2D eigenvalue weighted by Gasteiger charge is 2.28.